The minimum Gasteiger partial charge on any atom is -0.378 e. The van der Waals surface area contributed by atoms with E-state index in [0.717, 1.165) is 50.6 Å². The highest BCUT2D eigenvalue weighted by Crippen LogP contribution is 2.27. The molecule has 6 rings (SSSR count). The van der Waals surface area contributed by atoms with E-state index in [1.807, 2.05) is 51.9 Å². The van der Waals surface area contributed by atoms with E-state index in [1.54, 1.807) is 6.33 Å². The molecule has 0 saturated carbocycles. The zero-order valence-corrected chi connectivity index (χ0v) is 20.6. The van der Waals surface area contributed by atoms with Gasteiger partial charge in [0.1, 0.15) is 0 Å². The Labute approximate surface area is 215 Å². The number of rotatable bonds is 8. The second-order valence-corrected chi connectivity index (χ2v) is 9.25. The molecule has 10 heteroatoms. The number of aromatic nitrogens is 4. The lowest BCUT2D eigenvalue weighted by molar-refractivity contribution is -0.127. The van der Waals surface area contributed by atoms with E-state index in [-0.39, 0.29) is 5.91 Å². The fourth-order valence-corrected chi connectivity index (χ4v) is 4.78. The Morgan fingerprint density at radius 1 is 0.865 bits per heavy atom. The smallest absolute Gasteiger partial charge is 0.231 e. The summed E-state index contributed by atoms with van der Waals surface area (Å²) in [5.41, 5.74) is 4.39. The van der Waals surface area contributed by atoms with Crippen LogP contribution >= 0.6 is 0 Å². The number of carbonyl (C=O) groups is 1. The summed E-state index contributed by atoms with van der Waals surface area (Å²) in [6.07, 6.45) is 3.34. The molecule has 0 bridgehead atoms. The summed E-state index contributed by atoms with van der Waals surface area (Å²) in [5.74, 6) is 1.32. The Kier molecular flexibility index (Phi) is 6.55. The zero-order valence-electron chi connectivity index (χ0n) is 20.6. The molecule has 0 radical (unpaired) electrons. The number of fused-ring (bicyclic) bond motifs is 1. The number of ether oxygens (including phenoxy) is 1. The monoisotopic (exact) mass is 498 g/mol. The van der Waals surface area contributed by atoms with Crippen molar-refractivity contribution >= 4 is 45.9 Å². The van der Waals surface area contributed by atoms with Gasteiger partial charge in [-0.05, 0) is 42.8 Å². The second kappa shape index (κ2) is 10.4. The van der Waals surface area contributed by atoms with Crippen LogP contribution < -0.4 is 15.5 Å². The number of carbonyl (C=O) groups excluding carboxylic acids is 1. The maximum absolute atomic E-state index is 12.1. The predicted molar refractivity (Wildman–Crippen MR) is 144 cm³/mol. The van der Waals surface area contributed by atoms with Gasteiger partial charge in [0.2, 0.25) is 11.9 Å². The van der Waals surface area contributed by atoms with Crippen molar-refractivity contribution in [2.45, 2.75) is 19.4 Å². The van der Waals surface area contributed by atoms with Gasteiger partial charge < -0.3 is 29.7 Å². The molecule has 1 amide bonds. The van der Waals surface area contributed by atoms with Crippen LogP contribution in [0.5, 0.6) is 0 Å². The van der Waals surface area contributed by atoms with E-state index in [0.29, 0.717) is 42.4 Å². The number of para-hydroxylation sites is 1. The Hall–Kier alpha value is -4.18. The van der Waals surface area contributed by atoms with Gasteiger partial charge in [0.25, 0.3) is 0 Å². The van der Waals surface area contributed by atoms with E-state index in [1.165, 1.54) is 5.69 Å². The highest BCUT2D eigenvalue weighted by Gasteiger charge is 2.21. The highest BCUT2D eigenvalue weighted by atomic mass is 16.5. The average Bonchev–Trinajstić information content (AvgIpc) is 3.54. The van der Waals surface area contributed by atoms with Crippen LogP contribution in [-0.2, 0) is 16.1 Å². The lowest BCUT2D eigenvalue weighted by atomic mass is 10.2. The summed E-state index contributed by atoms with van der Waals surface area (Å²) in [6.45, 7) is 5.38. The molecule has 4 aromatic rings. The summed E-state index contributed by atoms with van der Waals surface area (Å²) in [4.78, 5) is 30.5. The maximum Gasteiger partial charge on any atom is 0.231 e. The molecule has 0 aliphatic carbocycles. The lowest BCUT2D eigenvalue weighted by Crippen LogP contribution is -2.36. The molecule has 2 aromatic heterocycles. The van der Waals surface area contributed by atoms with E-state index < -0.39 is 0 Å². The summed E-state index contributed by atoms with van der Waals surface area (Å²) < 4.78 is 7.46. The van der Waals surface area contributed by atoms with Crippen LogP contribution in [0.15, 0.2) is 60.9 Å². The summed E-state index contributed by atoms with van der Waals surface area (Å²) in [6, 6.07) is 18.2. The molecule has 2 aliphatic heterocycles. The number of benzene rings is 2. The Morgan fingerprint density at radius 3 is 2.41 bits per heavy atom. The molecule has 0 atom stereocenters. The standard InChI is InChI=1S/C27H30N8O2/c36-23-7-4-12-34(23)13-14-35-19-28-24-25(29-20-5-2-1-3-6-20)31-27(32-26(24)35)30-21-8-10-22(11-9-21)33-15-17-37-18-16-33/h1-3,5-6,8-11,19H,4,7,12-18H2,(H2,29,30,31,32). The number of nitrogens with one attached hydrogen (secondary N) is 2. The maximum atomic E-state index is 12.1. The number of anilines is 5. The molecule has 2 saturated heterocycles. The molecular formula is C27H30N8O2. The first-order valence-corrected chi connectivity index (χ1v) is 12.8. The molecular weight excluding hydrogens is 468 g/mol. The number of amides is 1. The number of morpholine rings is 1. The molecule has 190 valence electrons. The van der Waals surface area contributed by atoms with E-state index >= 15 is 0 Å². The van der Waals surface area contributed by atoms with Crippen molar-refractivity contribution in [3.05, 3.63) is 60.9 Å². The minimum absolute atomic E-state index is 0.216. The van der Waals surface area contributed by atoms with Gasteiger partial charge in [-0.2, -0.15) is 9.97 Å². The molecule has 37 heavy (non-hydrogen) atoms. The Balaban J connectivity index is 1.28. The largest absolute Gasteiger partial charge is 0.378 e. The van der Waals surface area contributed by atoms with Crippen molar-refractivity contribution in [3.8, 4) is 0 Å². The van der Waals surface area contributed by atoms with E-state index in [2.05, 4.69) is 32.7 Å². The average molecular weight is 499 g/mol. The molecule has 0 unspecified atom stereocenters. The fraction of sp³-hybridized carbons (Fsp3) is 0.333. The fourth-order valence-electron chi connectivity index (χ4n) is 4.78. The number of nitrogens with zero attached hydrogens (tertiary/aromatic N) is 6. The molecule has 2 aliphatic rings. The topological polar surface area (TPSA) is 100 Å². The molecule has 10 nitrogen and oxygen atoms in total. The quantitative estimate of drug-likeness (QED) is 0.379. The number of likely N-dealkylation sites (tertiary alicyclic amines) is 1. The third kappa shape index (κ3) is 5.19. The van der Waals surface area contributed by atoms with E-state index in [4.69, 9.17) is 14.7 Å². The SMILES string of the molecule is O=C1CCCN1CCn1cnc2c(Nc3ccccc3)nc(Nc3ccc(N4CCOCC4)cc3)nc21. The number of hydrogen-bond acceptors (Lipinski definition) is 8. The Morgan fingerprint density at radius 2 is 1.65 bits per heavy atom. The molecule has 4 heterocycles. The van der Waals surface area contributed by atoms with Crippen LogP contribution in [0.3, 0.4) is 0 Å². The summed E-state index contributed by atoms with van der Waals surface area (Å²) >= 11 is 0. The first-order valence-electron chi connectivity index (χ1n) is 12.8. The van der Waals surface area contributed by atoms with Gasteiger partial charge in [0.15, 0.2) is 17.0 Å². The first kappa shape index (κ1) is 23.2. The van der Waals surface area contributed by atoms with Gasteiger partial charge >= 0.3 is 0 Å². The molecule has 2 fully saturated rings. The van der Waals surface area contributed by atoms with Crippen LogP contribution in [0.2, 0.25) is 0 Å². The molecule has 2 aromatic carbocycles. The summed E-state index contributed by atoms with van der Waals surface area (Å²) in [7, 11) is 0. The third-order valence-corrected chi connectivity index (χ3v) is 6.78. The van der Waals surface area contributed by atoms with Crippen LogP contribution in [-0.4, -0.2) is 69.7 Å². The van der Waals surface area contributed by atoms with Crippen molar-refractivity contribution in [3.63, 3.8) is 0 Å². The van der Waals surface area contributed by atoms with Gasteiger partial charge in [-0.3, -0.25) is 4.79 Å². The van der Waals surface area contributed by atoms with Gasteiger partial charge in [-0.25, -0.2) is 4.98 Å². The highest BCUT2D eigenvalue weighted by molar-refractivity contribution is 5.87. The zero-order chi connectivity index (χ0) is 25.0. The third-order valence-electron chi connectivity index (χ3n) is 6.78. The summed E-state index contributed by atoms with van der Waals surface area (Å²) in [5, 5.41) is 6.76. The molecule has 0 spiro atoms. The first-order chi connectivity index (χ1) is 18.2. The van der Waals surface area contributed by atoms with Crippen molar-refractivity contribution in [2.24, 2.45) is 0 Å². The van der Waals surface area contributed by atoms with E-state index in [9.17, 15) is 4.79 Å². The van der Waals surface area contributed by atoms with Gasteiger partial charge in [-0.1, -0.05) is 18.2 Å². The number of imidazole rings is 1. The van der Waals surface area contributed by atoms with Crippen molar-refractivity contribution in [2.75, 3.05) is 54.9 Å². The van der Waals surface area contributed by atoms with Crippen LogP contribution in [0.4, 0.5) is 28.8 Å². The van der Waals surface area contributed by atoms with Gasteiger partial charge in [-0.15, -0.1) is 0 Å². The van der Waals surface area contributed by atoms with Crippen molar-refractivity contribution in [1.82, 2.24) is 24.4 Å². The van der Waals surface area contributed by atoms with Crippen LogP contribution in [0, 0.1) is 0 Å². The minimum atomic E-state index is 0.216. The predicted octanol–water partition coefficient (Wildman–Crippen LogP) is 3.77. The molecule has 2 N–H and O–H groups in total. The van der Waals surface area contributed by atoms with Crippen molar-refractivity contribution < 1.29 is 9.53 Å². The number of hydrogen-bond donors (Lipinski definition) is 2. The second-order valence-electron chi connectivity index (χ2n) is 9.25. The van der Waals surface area contributed by atoms with Crippen LogP contribution in [0.25, 0.3) is 11.2 Å². The van der Waals surface area contributed by atoms with Gasteiger partial charge in [0.05, 0.1) is 19.5 Å². The lowest BCUT2D eigenvalue weighted by Gasteiger charge is -2.28. The van der Waals surface area contributed by atoms with Crippen molar-refractivity contribution in [1.29, 1.82) is 0 Å². The Bertz CT molecular complexity index is 1370. The van der Waals surface area contributed by atoms with Gasteiger partial charge in [0, 0.05) is 56.2 Å². The van der Waals surface area contributed by atoms with Crippen LogP contribution in [0.1, 0.15) is 12.8 Å². The normalized spacial score (nSPS) is 15.9.